The van der Waals surface area contributed by atoms with Gasteiger partial charge in [0.1, 0.15) is 5.15 Å². The van der Waals surface area contributed by atoms with E-state index < -0.39 is 0 Å². The highest BCUT2D eigenvalue weighted by Crippen LogP contribution is 2.28. The van der Waals surface area contributed by atoms with Crippen LogP contribution in [-0.2, 0) is 12.5 Å². The number of hydrogen-bond donors (Lipinski definition) is 0. The van der Waals surface area contributed by atoms with Crippen molar-refractivity contribution in [1.29, 1.82) is 0 Å². The molecule has 3 heterocycles. The number of aryl methyl sites for hydroxylation is 1. The van der Waals surface area contributed by atoms with E-state index in [1.807, 2.05) is 7.05 Å². The largest absolute Gasteiger partial charge is 0.250 e. The molecule has 0 aromatic carbocycles. The highest BCUT2D eigenvalue weighted by Gasteiger charge is 2.22. The lowest BCUT2D eigenvalue weighted by atomic mass is 9.92. The van der Waals surface area contributed by atoms with E-state index in [1.165, 1.54) is 0 Å². The molecule has 104 valence electrons. The van der Waals surface area contributed by atoms with Gasteiger partial charge in [-0.1, -0.05) is 37.6 Å². The van der Waals surface area contributed by atoms with Gasteiger partial charge >= 0.3 is 0 Å². The fraction of sp³-hybridized carbons (Fsp3) is 0.385. The van der Waals surface area contributed by atoms with E-state index in [1.54, 1.807) is 27.8 Å². The van der Waals surface area contributed by atoms with Gasteiger partial charge in [0.2, 0.25) is 0 Å². The Labute approximate surface area is 121 Å². The molecule has 7 heteroatoms. The summed E-state index contributed by atoms with van der Waals surface area (Å²) in [5.41, 5.74) is 2.50. The number of halogens is 1. The quantitative estimate of drug-likeness (QED) is 0.646. The van der Waals surface area contributed by atoms with Gasteiger partial charge in [0.05, 0.1) is 29.2 Å². The van der Waals surface area contributed by atoms with Crippen LogP contribution in [0.3, 0.4) is 0 Å². The fourth-order valence-electron chi connectivity index (χ4n) is 2.17. The summed E-state index contributed by atoms with van der Waals surface area (Å²) in [6.45, 7) is 6.35. The van der Waals surface area contributed by atoms with E-state index in [9.17, 15) is 0 Å². The van der Waals surface area contributed by atoms with Crippen molar-refractivity contribution in [2.24, 2.45) is 7.05 Å². The first kappa shape index (κ1) is 13.1. The molecule has 0 fully saturated rings. The Bertz CT molecular complexity index is 780. The zero-order valence-electron chi connectivity index (χ0n) is 11.8. The molecule has 0 aliphatic carbocycles. The SMILES string of the molecule is Cn1ncc2c(-n3nncc3C(C)(C)C)cc(Cl)nc21. The number of rotatable bonds is 1. The number of nitrogens with zero attached hydrogens (tertiary/aromatic N) is 6. The molecule has 0 aliphatic heterocycles. The van der Waals surface area contributed by atoms with Gasteiger partial charge in [-0.2, -0.15) is 5.10 Å². The average Bonchev–Trinajstić information content (AvgIpc) is 2.95. The van der Waals surface area contributed by atoms with Crippen LogP contribution in [0.5, 0.6) is 0 Å². The minimum Gasteiger partial charge on any atom is -0.250 e. The minimum absolute atomic E-state index is 0.0756. The van der Waals surface area contributed by atoms with Crippen LogP contribution in [0, 0.1) is 0 Å². The number of hydrogen-bond acceptors (Lipinski definition) is 4. The smallest absolute Gasteiger partial charge is 0.161 e. The molecule has 3 aromatic rings. The average molecular weight is 291 g/mol. The molecule has 20 heavy (non-hydrogen) atoms. The summed E-state index contributed by atoms with van der Waals surface area (Å²) in [4.78, 5) is 4.30. The van der Waals surface area contributed by atoms with E-state index >= 15 is 0 Å². The predicted molar refractivity (Wildman–Crippen MR) is 77.1 cm³/mol. The summed E-state index contributed by atoms with van der Waals surface area (Å²) < 4.78 is 3.50. The van der Waals surface area contributed by atoms with Crippen molar-refractivity contribution < 1.29 is 0 Å². The molecular weight excluding hydrogens is 276 g/mol. The van der Waals surface area contributed by atoms with Gasteiger partial charge in [0.25, 0.3) is 0 Å². The van der Waals surface area contributed by atoms with Gasteiger partial charge in [0.15, 0.2) is 5.65 Å². The Morgan fingerprint density at radius 1 is 1.20 bits per heavy atom. The van der Waals surface area contributed by atoms with Gasteiger partial charge in [-0.15, -0.1) is 5.10 Å². The highest BCUT2D eigenvalue weighted by atomic mass is 35.5. The number of aromatic nitrogens is 6. The monoisotopic (exact) mass is 290 g/mol. The number of pyridine rings is 1. The van der Waals surface area contributed by atoms with Crippen molar-refractivity contribution in [1.82, 2.24) is 29.8 Å². The molecule has 0 atom stereocenters. The molecule has 0 bridgehead atoms. The Morgan fingerprint density at radius 3 is 2.65 bits per heavy atom. The molecule has 0 N–H and O–H groups in total. The lowest BCUT2D eigenvalue weighted by Gasteiger charge is -2.19. The van der Waals surface area contributed by atoms with Gasteiger partial charge in [-0.3, -0.25) is 4.68 Å². The van der Waals surface area contributed by atoms with Crippen LogP contribution < -0.4 is 0 Å². The maximum Gasteiger partial charge on any atom is 0.161 e. The summed E-state index contributed by atoms with van der Waals surface area (Å²) in [7, 11) is 1.83. The zero-order chi connectivity index (χ0) is 14.5. The highest BCUT2D eigenvalue weighted by molar-refractivity contribution is 6.30. The second-order valence-electron chi connectivity index (χ2n) is 5.75. The van der Waals surface area contributed by atoms with Crippen LogP contribution in [0.25, 0.3) is 16.7 Å². The standard InChI is InChI=1S/C13H15ClN6/c1-13(2,3)10-7-15-18-20(10)9-5-11(14)17-12-8(9)6-16-19(12)4/h5-7H,1-4H3. The van der Waals surface area contributed by atoms with Gasteiger partial charge in [-0.25, -0.2) is 9.67 Å². The Kier molecular flexibility index (Phi) is 2.79. The van der Waals surface area contributed by atoms with Crippen molar-refractivity contribution in [3.63, 3.8) is 0 Å². The first-order valence-electron chi connectivity index (χ1n) is 6.28. The summed E-state index contributed by atoms with van der Waals surface area (Å²) in [5.74, 6) is 0. The molecule has 0 amide bonds. The van der Waals surface area contributed by atoms with Crippen molar-refractivity contribution in [2.45, 2.75) is 26.2 Å². The Morgan fingerprint density at radius 2 is 1.95 bits per heavy atom. The number of fused-ring (bicyclic) bond motifs is 1. The van der Waals surface area contributed by atoms with Crippen LogP contribution in [-0.4, -0.2) is 29.8 Å². The molecule has 0 saturated carbocycles. The first-order valence-corrected chi connectivity index (χ1v) is 6.65. The third kappa shape index (κ3) is 1.96. The van der Waals surface area contributed by atoms with Crippen LogP contribution in [0.4, 0.5) is 0 Å². The fourth-order valence-corrected chi connectivity index (χ4v) is 2.35. The summed E-state index contributed by atoms with van der Waals surface area (Å²) in [5, 5.41) is 13.8. The van der Waals surface area contributed by atoms with Crippen LogP contribution in [0.1, 0.15) is 26.5 Å². The molecule has 0 unspecified atom stereocenters. The van der Waals surface area contributed by atoms with E-state index in [0.29, 0.717) is 5.15 Å². The topological polar surface area (TPSA) is 61.4 Å². The second kappa shape index (κ2) is 4.28. The predicted octanol–water partition coefficient (Wildman–Crippen LogP) is 2.50. The second-order valence-corrected chi connectivity index (χ2v) is 6.14. The first-order chi connectivity index (χ1) is 9.38. The molecule has 6 nitrogen and oxygen atoms in total. The summed E-state index contributed by atoms with van der Waals surface area (Å²) in [6.07, 6.45) is 3.54. The molecule has 0 saturated heterocycles. The van der Waals surface area contributed by atoms with E-state index in [-0.39, 0.29) is 5.41 Å². The molecular formula is C13H15ClN6. The van der Waals surface area contributed by atoms with E-state index in [0.717, 1.165) is 22.4 Å². The van der Waals surface area contributed by atoms with Gasteiger partial charge < -0.3 is 0 Å². The molecule has 3 aromatic heterocycles. The van der Waals surface area contributed by atoms with Crippen molar-refractivity contribution in [3.05, 3.63) is 29.3 Å². The van der Waals surface area contributed by atoms with Gasteiger partial charge in [-0.05, 0) is 0 Å². The third-order valence-corrected chi connectivity index (χ3v) is 3.39. The van der Waals surface area contributed by atoms with E-state index in [2.05, 4.69) is 41.2 Å². The maximum absolute atomic E-state index is 6.12. The summed E-state index contributed by atoms with van der Waals surface area (Å²) in [6, 6.07) is 1.79. The van der Waals surface area contributed by atoms with Gasteiger partial charge in [0, 0.05) is 18.5 Å². The lowest BCUT2D eigenvalue weighted by Crippen LogP contribution is -2.17. The lowest BCUT2D eigenvalue weighted by molar-refractivity contribution is 0.543. The summed E-state index contributed by atoms with van der Waals surface area (Å²) >= 11 is 6.12. The van der Waals surface area contributed by atoms with Crippen LogP contribution >= 0.6 is 11.6 Å². The maximum atomic E-state index is 6.12. The zero-order valence-corrected chi connectivity index (χ0v) is 12.5. The normalized spacial score (nSPS) is 12.2. The van der Waals surface area contributed by atoms with Crippen LogP contribution in [0.2, 0.25) is 5.15 Å². The van der Waals surface area contributed by atoms with E-state index in [4.69, 9.17) is 11.6 Å². The van der Waals surface area contributed by atoms with Crippen LogP contribution in [0.15, 0.2) is 18.5 Å². The minimum atomic E-state index is -0.0756. The van der Waals surface area contributed by atoms with Crippen molar-refractivity contribution in [3.8, 4) is 5.69 Å². The third-order valence-electron chi connectivity index (χ3n) is 3.20. The molecule has 0 aliphatic rings. The Hall–Kier alpha value is -1.95. The molecule has 3 rings (SSSR count). The Balaban J connectivity index is 2.33. The van der Waals surface area contributed by atoms with Crippen molar-refractivity contribution in [2.75, 3.05) is 0 Å². The molecule has 0 radical (unpaired) electrons. The van der Waals surface area contributed by atoms with Crippen molar-refractivity contribution >= 4 is 22.6 Å². The molecule has 0 spiro atoms.